The number of benzene rings is 1. The minimum atomic E-state index is 0.510. The summed E-state index contributed by atoms with van der Waals surface area (Å²) in [6.07, 6.45) is 1.75. The number of hydrogen-bond donors (Lipinski definition) is 0. The van der Waals surface area contributed by atoms with Crippen molar-refractivity contribution < 1.29 is 4.42 Å². The van der Waals surface area contributed by atoms with Crippen LogP contribution >= 0.6 is 11.8 Å². The molecule has 20 heavy (non-hydrogen) atoms. The van der Waals surface area contributed by atoms with Crippen molar-refractivity contribution in [1.82, 2.24) is 4.90 Å². The summed E-state index contributed by atoms with van der Waals surface area (Å²) in [5, 5.41) is 2.31. The first-order chi connectivity index (χ1) is 9.74. The Morgan fingerprint density at radius 2 is 2.20 bits per heavy atom. The number of nitrogens with zero attached hydrogens (tertiary/aromatic N) is 2. The van der Waals surface area contributed by atoms with Crippen molar-refractivity contribution in [3.63, 3.8) is 0 Å². The molecule has 0 fully saturated rings. The average Bonchev–Trinajstić information content (AvgIpc) is 3.12. The van der Waals surface area contributed by atoms with Gasteiger partial charge in [-0.15, -0.1) is 0 Å². The zero-order valence-electron chi connectivity index (χ0n) is 11.6. The fourth-order valence-corrected chi connectivity index (χ4v) is 4.00. The lowest BCUT2D eigenvalue weighted by Gasteiger charge is -2.18. The molecule has 0 aliphatic carbocycles. The van der Waals surface area contributed by atoms with E-state index < -0.39 is 0 Å². The summed E-state index contributed by atoms with van der Waals surface area (Å²) in [7, 11) is 0. The summed E-state index contributed by atoms with van der Waals surface area (Å²) < 4.78 is 5.55. The Morgan fingerprint density at radius 3 is 3.05 bits per heavy atom. The van der Waals surface area contributed by atoms with Gasteiger partial charge in [-0.25, -0.2) is 0 Å². The second kappa shape index (κ2) is 4.42. The van der Waals surface area contributed by atoms with Gasteiger partial charge in [0.1, 0.15) is 5.58 Å². The molecule has 1 aromatic heterocycles. The minimum absolute atomic E-state index is 0.510. The summed E-state index contributed by atoms with van der Waals surface area (Å²) in [5.74, 6) is 0.510. The number of hydrogen-bond acceptors (Lipinski definition) is 4. The first kappa shape index (κ1) is 12.1. The second-order valence-electron chi connectivity index (χ2n) is 5.46. The molecule has 0 amide bonds. The maximum Gasteiger partial charge on any atom is 0.168 e. The van der Waals surface area contributed by atoms with E-state index in [1.807, 2.05) is 17.8 Å². The van der Waals surface area contributed by atoms with E-state index >= 15 is 0 Å². The van der Waals surface area contributed by atoms with Gasteiger partial charge in [0.25, 0.3) is 0 Å². The monoisotopic (exact) mass is 284 g/mol. The molecule has 0 bridgehead atoms. The maximum absolute atomic E-state index is 5.55. The van der Waals surface area contributed by atoms with Gasteiger partial charge in [0.2, 0.25) is 0 Å². The van der Waals surface area contributed by atoms with Gasteiger partial charge in [-0.05, 0) is 18.1 Å². The van der Waals surface area contributed by atoms with Gasteiger partial charge in [-0.3, -0.25) is 4.99 Å². The zero-order chi connectivity index (χ0) is 13.7. The van der Waals surface area contributed by atoms with Crippen molar-refractivity contribution in [2.45, 2.75) is 13.8 Å². The van der Waals surface area contributed by atoms with E-state index in [-0.39, 0.29) is 0 Å². The van der Waals surface area contributed by atoms with Crippen molar-refractivity contribution in [2.75, 3.05) is 13.1 Å². The fraction of sp³-hybridized carbons (Fsp3) is 0.312. The standard InChI is InChI=1S/C16H16N2OS/c1-10(2)15-14(18-7-6-17-16(18)20-15)12-4-3-11-5-8-19-13(11)9-12/h3-5,8-10H,6-7H2,1-2H3. The Kier molecular flexibility index (Phi) is 2.67. The lowest BCUT2D eigenvalue weighted by molar-refractivity contribution is 0.614. The van der Waals surface area contributed by atoms with Crippen LogP contribution in [0.1, 0.15) is 19.4 Å². The van der Waals surface area contributed by atoms with Crippen LogP contribution in [0.3, 0.4) is 0 Å². The first-order valence-electron chi connectivity index (χ1n) is 6.95. The lowest BCUT2D eigenvalue weighted by Crippen LogP contribution is -2.20. The number of furan rings is 1. The number of allylic oxidation sites excluding steroid dienone is 1. The molecule has 4 heteroatoms. The van der Waals surface area contributed by atoms with E-state index in [2.05, 4.69) is 41.9 Å². The van der Waals surface area contributed by atoms with Gasteiger partial charge in [-0.1, -0.05) is 37.7 Å². The van der Waals surface area contributed by atoms with Crippen LogP contribution in [0.2, 0.25) is 0 Å². The predicted octanol–water partition coefficient (Wildman–Crippen LogP) is 4.18. The molecular weight excluding hydrogens is 268 g/mol. The van der Waals surface area contributed by atoms with Crippen LogP contribution in [-0.4, -0.2) is 23.2 Å². The Hall–Kier alpha value is -1.68. The highest BCUT2D eigenvalue weighted by atomic mass is 32.2. The quantitative estimate of drug-likeness (QED) is 0.828. The van der Waals surface area contributed by atoms with E-state index in [9.17, 15) is 0 Å². The molecule has 0 saturated heterocycles. The van der Waals surface area contributed by atoms with Crippen molar-refractivity contribution in [2.24, 2.45) is 10.9 Å². The van der Waals surface area contributed by atoms with Crippen LogP contribution in [0.4, 0.5) is 0 Å². The number of aliphatic imine (C=N–C) groups is 1. The number of amidine groups is 1. The number of fused-ring (bicyclic) bond motifs is 2. The highest BCUT2D eigenvalue weighted by Crippen LogP contribution is 2.45. The molecule has 3 heterocycles. The van der Waals surface area contributed by atoms with Gasteiger partial charge < -0.3 is 9.32 Å². The molecule has 1 aromatic carbocycles. The Morgan fingerprint density at radius 1 is 1.30 bits per heavy atom. The van der Waals surface area contributed by atoms with Crippen LogP contribution in [0, 0.1) is 5.92 Å². The zero-order valence-corrected chi connectivity index (χ0v) is 12.4. The SMILES string of the molecule is CC(C)C1=C(c2ccc3ccoc3c2)N2CCN=C2S1. The summed E-state index contributed by atoms with van der Waals surface area (Å²) in [5.41, 5.74) is 3.50. The average molecular weight is 284 g/mol. The summed E-state index contributed by atoms with van der Waals surface area (Å²) in [4.78, 5) is 8.36. The van der Waals surface area contributed by atoms with Gasteiger partial charge >= 0.3 is 0 Å². The molecule has 2 aromatic rings. The molecule has 0 N–H and O–H groups in total. The normalized spacial score (nSPS) is 18.4. The van der Waals surface area contributed by atoms with Crippen LogP contribution in [0.5, 0.6) is 0 Å². The molecule has 4 rings (SSSR count). The van der Waals surface area contributed by atoms with Crippen LogP contribution in [0.15, 0.2) is 44.8 Å². The minimum Gasteiger partial charge on any atom is -0.464 e. The molecule has 2 aliphatic rings. The fourth-order valence-electron chi connectivity index (χ4n) is 2.79. The van der Waals surface area contributed by atoms with E-state index in [0.29, 0.717) is 5.92 Å². The van der Waals surface area contributed by atoms with E-state index in [4.69, 9.17) is 4.42 Å². The molecule has 0 radical (unpaired) electrons. The van der Waals surface area contributed by atoms with Crippen LogP contribution < -0.4 is 0 Å². The smallest absolute Gasteiger partial charge is 0.168 e. The topological polar surface area (TPSA) is 28.7 Å². The van der Waals surface area contributed by atoms with Crippen molar-refractivity contribution in [3.8, 4) is 0 Å². The van der Waals surface area contributed by atoms with Gasteiger partial charge in [0, 0.05) is 22.4 Å². The highest BCUT2D eigenvalue weighted by Gasteiger charge is 2.34. The van der Waals surface area contributed by atoms with Crippen LogP contribution in [-0.2, 0) is 0 Å². The molecule has 3 nitrogen and oxygen atoms in total. The number of thioether (sulfide) groups is 1. The third-order valence-corrected chi connectivity index (χ3v) is 5.18. The summed E-state index contributed by atoms with van der Waals surface area (Å²) in [6, 6.07) is 8.48. The van der Waals surface area contributed by atoms with Gasteiger partial charge in [0.15, 0.2) is 5.17 Å². The third-order valence-electron chi connectivity index (χ3n) is 3.76. The van der Waals surface area contributed by atoms with E-state index in [1.165, 1.54) is 16.2 Å². The van der Waals surface area contributed by atoms with Crippen molar-refractivity contribution in [1.29, 1.82) is 0 Å². The van der Waals surface area contributed by atoms with Crippen molar-refractivity contribution in [3.05, 3.63) is 41.0 Å². The molecule has 2 aliphatic heterocycles. The van der Waals surface area contributed by atoms with Gasteiger partial charge in [-0.2, -0.15) is 0 Å². The second-order valence-corrected chi connectivity index (χ2v) is 6.47. The summed E-state index contributed by atoms with van der Waals surface area (Å²) >= 11 is 1.82. The Balaban J connectivity index is 1.88. The van der Waals surface area contributed by atoms with Crippen molar-refractivity contribution >= 4 is 33.6 Å². The molecule has 102 valence electrons. The summed E-state index contributed by atoms with van der Waals surface area (Å²) in [6.45, 7) is 6.39. The first-order valence-corrected chi connectivity index (χ1v) is 7.77. The van der Waals surface area contributed by atoms with E-state index in [0.717, 1.165) is 29.2 Å². The maximum atomic E-state index is 5.55. The molecule has 0 unspecified atom stereocenters. The molecule has 0 atom stereocenters. The van der Waals surface area contributed by atoms with Crippen LogP contribution in [0.25, 0.3) is 16.7 Å². The molecule has 0 saturated carbocycles. The van der Waals surface area contributed by atoms with E-state index in [1.54, 1.807) is 6.26 Å². The predicted molar refractivity (Wildman–Crippen MR) is 84.6 cm³/mol. The Bertz CT molecular complexity index is 742. The number of rotatable bonds is 2. The third kappa shape index (κ3) is 1.71. The highest BCUT2D eigenvalue weighted by molar-refractivity contribution is 8.17. The molecular formula is C16H16N2OS. The Labute approximate surface area is 122 Å². The van der Waals surface area contributed by atoms with Gasteiger partial charge in [0.05, 0.1) is 18.5 Å². The molecule has 0 spiro atoms. The largest absolute Gasteiger partial charge is 0.464 e. The lowest BCUT2D eigenvalue weighted by atomic mass is 10.0.